The van der Waals surface area contributed by atoms with Crippen molar-refractivity contribution in [1.29, 1.82) is 0 Å². The van der Waals surface area contributed by atoms with Crippen LogP contribution in [0.25, 0.3) is 0 Å². The Bertz CT molecular complexity index is 625. The summed E-state index contributed by atoms with van der Waals surface area (Å²) in [4.78, 5) is 13.3. The fraction of sp³-hybridized carbons (Fsp3) is 0.188. The van der Waals surface area contributed by atoms with Crippen molar-refractivity contribution in [3.05, 3.63) is 59.1 Å². The molecule has 2 amide bonds. The number of anilines is 2. The van der Waals surface area contributed by atoms with Gasteiger partial charge >= 0.3 is 6.03 Å². The Kier molecular flexibility index (Phi) is 3.97. The van der Waals surface area contributed by atoms with Crippen LogP contribution in [0.1, 0.15) is 5.56 Å². The number of nitrogens with one attached hydrogen (secondary N) is 2. The molecule has 0 aromatic heterocycles. The number of nitrogens with zero attached hydrogens (tertiary/aromatic N) is 1. The van der Waals surface area contributed by atoms with Crippen LogP contribution in [0.15, 0.2) is 48.5 Å². The predicted octanol–water partition coefficient (Wildman–Crippen LogP) is 3.48. The Balaban J connectivity index is 1.62. The fourth-order valence-electron chi connectivity index (χ4n) is 2.28. The van der Waals surface area contributed by atoms with Crippen molar-refractivity contribution in [3.8, 4) is 0 Å². The van der Waals surface area contributed by atoms with Gasteiger partial charge in [-0.15, -0.1) is 0 Å². The van der Waals surface area contributed by atoms with E-state index in [4.69, 9.17) is 11.6 Å². The summed E-state index contributed by atoms with van der Waals surface area (Å²) in [6, 6.07) is 15.6. The van der Waals surface area contributed by atoms with Crippen LogP contribution in [-0.4, -0.2) is 19.1 Å². The minimum Gasteiger partial charge on any atom is -0.381 e. The zero-order valence-corrected chi connectivity index (χ0v) is 12.2. The SMILES string of the molecule is O=C1NCCN1c1ccc(NCc2ccc(Cl)cc2)cc1. The molecule has 1 heterocycles. The molecule has 4 nitrogen and oxygen atoms in total. The molecule has 3 rings (SSSR count). The van der Waals surface area contributed by atoms with Gasteiger partial charge in [-0.05, 0) is 42.0 Å². The highest BCUT2D eigenvalue weighted by Gasteiger charge is 2.20. The number of benzene rings is 2. The molecule has 0 aliphatic carbocycles. The van der Waals surface area contributed by atoms with Crippen LogP contribution in [0.2, 0.25) is 5.02 Å². The quantitative estimate of drug-likeness (QED) is 0.908. The standard InChI is InChI=1S/C16H16ClN3O/c17-13-3-1-12(2-4-13)11-19-14-5-7-15(8-6-14)20-10-9-18-16(20)21/h1-8,19H,9-11H2,(H,18,21). The summed E-state index contributed by atoms with van der Waals surface area (Å²) < 4.78 is 0. The second-order valence-electron chi connectivity index (χ2n) is 4.91. The first kappa shape index (κ1) is 13.8. The Labute approximate surface area is 128 Å². The summed E-state index contributed by atoms with van der Waals surface area (Å²) in [6.45, 7) is 2.16. The van der Waals surface area contributed by atoms with Gasteiger partial charge in [0.1, 0.15) is 0 Å². The number of halogens is 1. The van der Waals surface area contributed by atoms with Gasteiger partial charge in [-0.2, -0.15) is 0 Å². The van der Waals surface area contributed by atoms with Crippen LogP contribution in [0.4, 0.5) is 16.2 Å². The van der Waals surface area contributed by atoms with Gasteiger partial charge in [0.2, 0.25) is 0 Å². The van der Waals surface area contributed by atoms with E-state index < -0.39 is 0 Å². The number of amides is 2. The predicted molar refractivity (Wildman–Crippen MR) is 86.0 cm³/mol. The van der Waals surface area contributed by atoms with Gasteiger partial charge in [0.15, 0.2) is 0 Å². The largest absolute Gasteiger partial charge is 0.381 e. The van der Waals surface area contributed by atoms with E-state index in [-0.39, 0.29) is 6.03 Å². The van der Waals surface area contributed by atoms with E-state index in [0.717, 1.165) is 29.5 Å². The van der Waals surface area contributed by atoms with Gasteiger partial charge < -0.3 is 10.6 Å². The molecule has 0 spiro atoms. The number of carbonyl (C=O) groups is 1. The molecule has 1 aliphatic heterocycles. The third-order valence-electron chi connectivity index (χ3n) is 3.45. The van der Waals surface area contributed by atoms with Crippen molar-refractivity contribution in [3.63, 3.8) is 0 Å². The number of urea groups is 1. The average molecular weight is 302 g/mol. The van der Waals surface area contributed by atoms with Crippen LogP contribution in [0.3, 0.4) is 0 Å². The highest BCUT2D eigenvalue weighted by molar-refractivity contribution is 6.30. The van der Waals surface area contributed by atoms with Crippen molar-refractivity contribution < 1.29 is 4.79 Å². The van der Waals surface area contributed by atoms with Crippen molar-refractivity contribution in [2.45, 2.75) is 6.54 Å². The Morgan fingerprint density at radius 2 is 1.81 bits per heavy atom. The smallest absolute Gasteiger partial charge is 0.321 e. The third-order valence-corrected chi connectivity index (χ3v) is 3.70. The van der Waals surface area contributed by atoms with E-state index in [2.05, 4.69) is 10.6 Å². The number of hydrogen-bond acceptors (Lipinski definition) is 2. The lowest BCUT2D eigenvalue weighted by Gasteiger charge is -2.15. The van der Waals surface area contributed by atoms with Crippen molar-refractivity contribution in [2.24, 2.45) is 0 Å². The first-order chi connectivity index (χ1) is 10.2. The molecule has 1 saturated heterocycles. The van der Waals surface area contributed by atoms with Crippen LogP contribution < -0.4 is 15.5 Å². The van der Waals surface area contributed by atoms with Crippen LogP contribution in [0, 0.1) is 0 Å². The molecular formula is C16H16ClN3O. The molecule has 21 heavy (non-hydrogen) atoms. The van der Waals surface area contributed by atoms with E-state index in [0.29, 0.717) is 6.54 Å². The highest BCUT2D eigenvalue weighted by atomic mass is 35.5. The van der Waals surface area contributed by atoms with Crippen LogP contribution >= 0.6 is 11.6 Å². The molecule has 2 aromatic carbocycles. The zero-order valence-electron chi connectivity index (χ0n) is 11.5. The van der Waals surface area contributed by atoms with E-state index in [1.54, 1.807) is 4.90 Å². The number of carbonyl (C=O) groups excluding carboxylic acids is 1. The third kappa shape index (κ3) is 3.28. The minimum atomic E-state index is -0.0307. The van der Waals surface area contributed by atoms with Crippen molar-refractivity contribution in [1.82, 2.24) is 5.32 Å². The first-order valence-corrected chi connectivity index (χ1v) is 7.24. The van der Waals surface area contributed by atoms with Gasteiger partial charge in [-0.1, -0.05) is 23.7 Å². The lowest BCUT2D eigenvalue weighted by molar-refractivity contribution is 0.252. The summed E-state index contributed by atoms with van der Waals surface area (Å²) in [6.07, 6.45) is 0. The zero-order chi connectivity index (χ0) is 14.7. The maximum atomic E-state index is 11.6. The first-order valence-electron chi connectivity index (χ1n) is 6.86. The highest BCUT2D eigenvalue weighted by Crippen LogP contribution is 2.20. The second-order valence-corrected chi connectivity index (χ2v) is 5.35. The molecule has 108 valence electrons. The average Bonchev–Trinajstić information content (AvgIpc) is 2.93. The molecule has 0 unspecified atom stereocenters. The Morgan fingerprint density at radius 1 is 1.10 bits per heavy atom. The molecule has 2 aromatic rings. The summed E-state index contributed by atoms with van der Waals surface area (Å²) in [7, 11) is 0. The summed E-state index contributed by atoms with van der Waals surface area (Å²) in [5.74, 6) is 0. The number of rotatable bonds is 4. The normalized spacial score (nSPS) is 14.1. The molecule has 0 saturated carbocycles. The van der Waals surface area contributed by atoms with Crippen molar-refractivity contribution >= 4 is 29.0 Å². The molecule has 0 atom stereocenters. The van der Waals surface area contributed by atoms with Crippen molar-refractivity contribution in [2.75, 3.05) is 23.3 Å². The summed E-state index contributed by atoms with van der Waals surface area (Å²) in [5, 5.41) is 6.88. The van der Waals surface area contributed by atoms with E-state index >= 15 is 0 Å². The maximum absolute atomic E-state index is 11.6. The fourth-order valence-corrected chi connectivity index (χ4v) is 2.41. The van der Waals surface area contributed by atoms with E-state index in [1.165, 1.54) is 5.56 Å². The van der Waals surface area contributed by atoms with E-state index in [1.807, 2.05) is 48.5 Å². The Hall–Kier alpha value is -2.20. The monoisotopic (exact) mass is 301 g/mol. The molecule has 0 bridgehead atoms. The summed E-state index contributed by atoms with van der Waals surface area (Å²) >= 11 is 5.86. The maximum Gasteiger partial charge on any atom is 0.321 e. The molecule has 5 heteroatoms. The van der Waals surface area contributed by atoms with Gasteiger partial charge in [0.25, 0.3) is 0 Å². The Morgan fingerprint density at radius 3 is 2.43 bits per heavy atom. The van der Waals surface area contributed by atoms with Gasteiger partial charge in [0.05, 0.1) is 0 Å². The lowest BCUT2D eigenvalue weighted by Crippen LogP contribution is -2.27. The second kappa shape index (κ2) is 6.06. The van der Waals surface area contributed by atoms with Crippen LogP contribution in [-0.2, 0) is 6.54 Å². The molecular weight excluding hydrogens is 286 g/mol. The van der Waals surface area contributed by atoms with E-state index in [9.17, 15) is 4.79 Å². The molecule has 0 radical (unpaired) electrons. The van der Waals surface area contributed by atoms with Gasteiger partial charge in [-0.3, -0.25) is 4.90 Å². The van der Waals surface area contributed by atoms with Gasteiger partial charge in [-0.25, -0.2) is 4.79 Å². The topological polar surface area (TPSA) is 44.4 Å². The summed E-state index contributed by atoms with van der Waals surface area (Å²) in [5.41, 5.74) is 3.11. The van der Waals surface area contributed by atoms with Crippen LogP contribution in [0.5, 0.6) is 0 Å². The molecule has 1 aliphatic rings. The molecule has 2 N–H and O–H groups in total. The minimum absolute atomic E-state index is 0.0307. The van der Waals surface area contributed by atoms with Gasteiger partial charge in [0, 0.05) is 36.0 Å². The number of hydrogen-bond donors (Lipinski definition) is 2. The lowest BCUT2D eigenvalue weighted by atomic mass is 10.2. The molecule has 1 fully saturated rings.